The van der Waals surface area contributed by atoms with E-state index in [0.29, 0.717) is 16.5 Å². The number of benzene rings is 2. The van der Waals surface area contributed by atoms with Gasteiger partial charge in [-0.05, 0) is 49.0 Å². The fourth-order valence-electron chi connectivity index (χ4n) is 3.14. The van der Waals surface area contributed by atoms with E-state index < -0.39 is 11.0 Å². The van der Waals surface area contributed by atoms with Crippen molar-refractivity contribution in [3.8, 4) is 16.9 Å². The molecule has 0 fully saturated rings. The molecule has 2 heterocycles. The lowest BCUT2D eigenvalue weighted by Crippen LogP contribution is -2.10. The first-order valence-electron chi connectivity index (χ1n) is 9.80. The maximum atomic E-state index is 12.0. The number of nitrogens with zero attached hydrogens (tertiary/aromatic N) is 3. The van der Waals surface area contributed by atoms with Gasteiger partial charge in [0.05, 0.1) is 12.0 Å². The standard InChI is InChI=1S/C23H22N6O2S/c1-24-32(30)19-8-4-7-18(12-19)29-23-13-22(26-15-27-23)28-17-6-3-5-16(11-17)20-14-25-10-9-21(20)31-2/h3-15,24H,1-2H3,(H2,26,27,28,29). The maximum absolute atomic E-state index is 12.0. The summed E-state index contributed by atoms with van der Waals surface area (Å²) in [6.45, 7) is 0. The van der Waals surface area contributed by atoms with E-state index >= 15 is 0 Å². The van der Waals surface area contributed by atoms with Gasteiger partial charge in [-0.2, -0.15) is 0 Å². The fourth-order valence-corrected chi connectivity index (χ4v) is 3.81. The van der Waals surface area contributed by atoms with Crippen LogP contribution in [0.2, 0.25) is 0 Å². The quantitative estimate of drug-likeness (QED) is 0.371. The van der Waals surface area contributed by atoms with Crippen molar-refractivity contribution in [2.24, 2.45) is 0 Å². The van der Waals surface area contributed by atoms with E-state index in [2.05, 4.69) is 30.3 Å². The van der Waals surface area contributed by atoms with Gasteiger partial charge in [-0.25, -0.2) is 18.9 Å². The summed E-state index contributed by atoms with van der Waals surface area (Å²) in [4.78, 5) is 13.5. The van der Waals surface area contributed by atoms with E-state index in [1.807, 2.05) is 48.5 Å². The number of nitrogens with one attached hydrogen (secondary N) is 3. The molecule has 8 nitrogen and oxygen atoms in total. The number of methoxy groups -OCH3 is 1. The molecule has 0 saturated heterocycles. The Hall–Kier alpha value is -3.82. The monoisotopic (exact) mass is 446 g/mol. The highest BCUT2D eigenvalue weighted by Crippen LogP contribution is 2.31. The third-order valence-electron chi connectivity index (χ3n) is 4.62. The topological polar surface area (TPSA) is 101 Å². The van der Waals surface area contributed by atoms with Gasteiger partial charge in [0.1, 0.15) is 34.7 Å². The largest absolute Gasteiger partial charge is 0.496 e. The molecule has 4 aromatic rings. The van der Waals surface area contributed by atoms with Gasteiger partial charge in [-0.3, -0.25) is 4.98 Å². The van der Waals surface area contributed by atoms with Crippen LogP contribution in [-0.4, -0.2) is 33.3 Å². The van der Waals surface area contributed by atoms with Crippen LogP contribution in [0.3, 0.4) is 0 Å². The smallest absolute Gasteiger partial charge is 0.135 e. The molecule has 9 heteroatoms. The summed E-state index contributed by atoms with van der Waals surface area (Å²) < 4.78 is 20.1. The molecule has 3 N–H and O–H groups in total. The Bertz CT molecular complexity index is 1250. The van der Waals surface area contributed by atoms with Gasteiger partial charge in [0.2, 0.25) is 0 Å². The molecular formula is C23H22N6O2S. The first-order chi connectivity index (χ1) is 15.7. The Balaban J connectivity index is 1.53. The number of pyridine rings is 1. The van der Waals surface area contributed by atoms with Crippen molar-refractivity contribution in [3.05, 3.63) is 79.4 Å². The van der Waals surface area contributed by atoms with E-state index in [-0.39, 0.29) is 0 Å². The molecule has 162 valence electrons. The highest BCUT2D eigenvalue weighted by atomic mass is 32.2. The third-order valence-corrected chi connectivity index (χ3v) is 5.67. The Kier molecular flexibility index (Phi) is 6.69. The van der Waals surface area contributed by atoms with E-state index in [9.17, 15) is 4.21 Å². The van der Waals surface area contributed by atoms with Crippen molar-refractivity contribution in [2.75, 3.05) is 24.8 Å². The number of hydrogen-bond donors (Lipinski definition) is 3. The summed E-state index contributed by atoms with van der Waals surface area (Å²) in [7, 11) is 2.03. The molecule has 1 unspecified atom stereocenters. The van der Waals surface area contributed by atoms with Gasteiger partial charge >= 0.3 is 0 Å². The van der Waals surface area contributed by atoms with Crippen molar-refractivity contribution >= 4 is 34.0 Å². The average Bonchev–Trinajstić information content (AvgIpc) is 2.84. The molecule has 4 rings (SSSR count). The van der Waals surface area contributed by atoms with E-state index in [1.165, 1.54) is 6.33 Å². The zero-order valence-electron chi connectivity index (χ0n) is 17.6. The van der Waals surface area contributed by atoms with Crippen LogP contribution in [0.5, 0.6) is 5.75 Å². The lowest BCUT2D eigenvalue weighted by Gasteiger charge is -2.11. The molecule has 0 amide bonds. The van der Waals surface area contributed by atoms with Gasteiger partial charge < -0.3 is 15.4 Å². The zero-order chi connectivity index (χ0) is 22.3. The van der Waals surface area contributed by atoms with Crippen LogP contribution >= 0.6 is 0 Å². The van der Waals surface area contributed by atoms with Gasteiger partial charge in [0, 0.05) is 35.4 Å². The minimum Gasteiger partial charge on any atom is -0.496 e. The van der Waals surface area contributed by atoms with Crippen molar-refractivity contribution in [1.29, 1.82) is 0 Å². The lowest BCUT2D eigenvalue weighted by molar-refractivity contribution is 0.416. The number of hydrogen-bond acceptors (Lipinski definition) is 7. The third kappa shape index (κ3) is 5.08. The van der Waals surface area contributed by atoms with Crippen molar-refractivity contribution in [1.82, 2.24) is 19.7 Å². The van der Waals surface area contributed by atoms with Crippen LogP contribution in [0, 0.1) is 0 Å². The second kappa shape index (κ2) is 9.99. The Morgan fingerprint density at radius 1 is 0.906 bits per heavy atom. The molecule has 1 atom stereocenters. The molecule has 2 aromatic carbocycles. The molecule has 0 aliphatic rings. The molecule has 0 saturated carbocycles. The van der Waals surface area contributed by atoms with Crippen LogP contribution in [0.1, 0.15) is 0 Å². The van der Waals surface area contributed by atoms with E-state index in [0.717, 1.165) is 28.3 Å². The van der Waals surface area contributed by atoms with Gasteiger partial charge in [-0.15, -0.1) is 0 Å². The average molecular weight is 447 g/mol. The Morgan fingerprint density at radius 3 is 2.34 bits per heavy atom. The normalized spacial score (nSPS) is 11.6. The second-order valence-electron chi connectivity index (χ2n) is 6.70. The van der Waals surface area contributed by atoms with Crippen molar-refractivity contribution in [3.63, 3.8) is 0 Å². The Morgan fingerprint density at radius 2 is 1.62 bits per heavy atom. The lowest BCUT2D eigenvalue weighted by atomic mass is 10.1. The van der Waals surface area contributed by atoms with Crippen LogP contribution in [-0.2, 0) is 11.0 Å². The van der Waals surface area contributed by atoms with Crippen molar-refractivity contribution in [2.45, 2.75) is 4.90 Å². The highest BCUT2D eigenvalue weighted by molar-refractivity contribution is 7.83. The van der Waals surface area contributed by atoms with Crippen molar-refractivity contribution < 1.29 is 8.95 Å². The summed E-state index contributed by atoms with van der Waals surface area (Å²) in [5.74, 6) is 2.00. The van der Waals surface area contributed by atoms with Crippen LogP contribution in [0.15, 0.2) is 84.3 Å². The minimum absolute atomic E-state index is 0.611. The number of rotatable bonds is 8. The van der Waals surface area contributed by atoms with E-state index in [4.69, 9.17) is 4.74 Å². The minimum atomic E-state index is -1.26. The molecule has 0 aliphatic carbocycles. The van der Waals surface area contributed by atoms with Gasteiger partial charge in [0.25, 0.3) is 0 Å². The fraction of sp³-hybridized carbons (Fsp3) is 0.0870. The highest BCUT2D eigenvalue weighted by Gasteiger charge is 2.08. The number of ether oxygens (including phenoxy) is 1. The molecule has 0 aliphatic heterocycles. The first-order valence-corrected chi connectivity index (χ1v) is 10.9. The van der Waals surface area contributed by atoms with Crippen LogP contribution < -0.4 is 20.1 Å². The second-order valence-corrected chi connectivity index (χ2v) is 8.11. The SMILES string of the molecule is CNS(=O)c1cccc(Nc2cc(Nc3cccc(-c4cnccc4OC)c3)ncn2)c1. The molecule has 32 heavy (non-hydrogen) atoms. The molecule has 0 bridgehead atoms. The molecule has 0 spiro atoms. The predicted octanol–water partition coefficient (Wildman–Crippen LogP) is 4.28. The zero-order valence-corrected chi connectivity index (χ0v) is 18.4. The van der Waals surface area contributed by atoms with Gasteiger partial charge in [0.15, 0.2) is 0 Å². The summed E-state index contributed by atoms with van der Waals surface area (Å²) in [6.07, 6.45) is 4.96. The molecule has 0 radical (unpaired) electrons. The van der Waals surface area contributed by atoms with Gasteiger partial charge in [-0.1, -0.05) is 18.2 Å². The predicted molar refractivity (Wildman–Crippen MR) is 127 cm³/mol. The first kappa shape index (κ1) is 21.4. The Labute approximate surface area is 188 Å². The number of aromatic nitrogens is 3. The summed E-state index contributed by atoms with van der Waals surface area (Å²) in [6, 6.07) is 18.9. The van der Waals surface area contributed by atoms with E-state index in [1.54, 1.807) is 38.7 Å². The maximum Gasteiger partial charge on any atom is 0.135 e. The summed E-state index contributed by atoms with van der Waals surface area (Å²) >= 11 is 0. The number of anilines is 4. The van der Waals surface area contributed by atoms with Crippen LogP contribution in [0.4, 0.5) is 23.0 Å². The molecule has 2 aromatic heterocycles. The van der Waals surface area contributed by atoms with Crippen LogP contribution in [0.25, 0.3) is 11.1 Å². The summed E-state index contributed by atoms with van der Waals surface area (Å²) in [5.41, 5.74) is 3.52. The summed E-state index contributed by atoms with van der Waals surface area (Å²) in [5, 5.41) is 6.53. The molecular weight excluding hydrogens is 424 g/mol.